The van der Waals surface area contributed by atoms with Gasteiger partial charge in [-0.1, -0.05) is 13.2 Å². The van der Waals surface area contributed by atoms with Crippen LogP contribution in [0, 0.1) is 0 Å². The highest BCUT2D eigenvalue weighted by molar-refractivity contribution is 5.19. The average Bonchev–Trinajstić information content (AvgIpc) is 1.64. The summed E-state index contributed by atoms with van der Waals surface area (Å²) in [6.45, 7) is 7.17. The van der Waals surface area contributed by atoms with Crippen LogP contribution in [0.25, 0.3) is 0 Å². The highest BCUT2D eigenvalue weighted by atomic mass is 15.1. The lowest BCUT2D eigenvalue weighted by Gasteiger charge is -2.13. The van der Waals surface area contributed by atoms with Gasteiger partial charge in [-0.25, -0.2) is 0 Å². The topological polar surface area (TPSA) is 29.3 Å². The van der Waals surface area contributed by atoms with Crippen LogP contribution in [-0.4, -0.2) is 19.0 Å². The lowest BCUT2D eigenvalue weighted by Crippen LogP contribution is -2.15. The molecule has 0 heterocycles. The van der Waals surface area contributed by atoms with Crippen molar-refractivity contribution >= 4 is 0 Å². The van der Waals surface area contributed by atoms with E-state index in [0.29, 0.717) is 5.70 Å². The molecule has 8 heavy (non-hydrogen) atoms. The van der Waals surface area contributed by atoms with Crippen molar-refractivity contribution in [1.29, 1.82) is 0 Å². The number of nitrogens with zero attached hydrogens (tertiary/aromatic N) is 1. The molecule has 0 radical (unpaired) electrons. The molecule has 0 aromatic heterocycles. The maximum atomic E-state index is 5.30. The second-order valence-electron chi connectivity index (χ2n) is 1.87. The minimum atomic E-state index is 0.523. The fraction of sp³-hybridized carbons (Fsp3) is 0.333. The van der Waals surface area contributed by atoms with Gasteiger partial charge in [0.25, 0.3) is 0 Å². The summed E-state index contributed by atoms with van der Waals surface area (Å²) in [6, 6.07) is 0. The fourth-order valence-electron chi connectivity index (χ4n) is 0.287. The summed E-state index contributed by atoms with van der Waals surface area (Å²) in [5.41, 5.74) is 6.59. The van der Waals surface area contributed by atoms with Gasteiger partial charge in [0, 0.05) is 19.8 Å². The van der Waals surface area contributed by atoms with Crippen molar-refractivity contribution in [3.05, 3.63) is 24.6 Å². The minimum Gasteiger partial charge on any atom is -0.398 e. The standard InChI is InChI=1S/C6H12N2/c1-5(7)6(2)8(3)4/h1-2,7H2,3-4H3. The molecule has 0 fully saturated rings. The fourth-order valence-corrected chi connectivity index (χ4v) is 0.287. The zero-order valence-electron chi connectivity index (χ0n) is 5.44. The van der Waals surface area contributed by atoms with E-state index in [2.05, 4.69) is 13.2 Å². The molecule has 0 aliphatic carbocycles. The van der Waals surface area contributed by atoms with Crippen LogP contribution in [0.5, 0.6) is 0 Å². The second-order valence-corrected chi connectivity index (χ2v) is 1.87. The molecule has 0 aromatic rings. The number of nitrogens with two attached hydrogens (primary N) is 1. The van der Waals surface area contributed by atoms with E-state index in [0.717, 1.165) is 5.70 Å². The minimum absolute atomic E-state index is 0.523. The van der Waals surface area contributed by atoms with E-state index in [1.54, 1.807) is 0 Å². The predicted molar refractivity (Wildman–Crippen MR) is 36.2 cm³/mol. The van der Waals surface area contributed by atoms with Gasteiger partial charge in [-0.05, 0) is 0 Å². The Bertz CT molecular complexity index is 114. The number of rotatable bonds is 2. The molecular formula is C6H12N2. The van der Waals surface area contributed by atoms with Gasteiger partial charge < -0.3 is 10.6 Å². The molecule has 2 N–H and O–H groups in total. The van der Waals surface area contributed by atoms with Gasteiger partial charge in [-0.15, -0.1) is 0 Å². The first-order valence-corrected chi connectivity index (χ1v) is 2.36. The zero-order chi connectivity index (χ0) is 6.73. The van der Waals surface area contributed by atoms with Gasteiger partial charge in [0.05, 0.1) is 5.70 Å². The molecule has 0 unspecified atom stereocenters. The van der Waals surface area contributed by atoms with Crippen molar-refractivity contribution in [3.63, 3.8) is 0 Å². The normalized spacial score (nSPS) is 8.25. The monoisotopic (exact) mass is 112 g/mol. The van der Waals surface area contributed by atoms with Crippen molar-refractivity contribution < 1.29 is 0 Å². The molecular weight excluding hydrogens is 100 g/mol. The molecule has 0 aromatic carbocycles. The van der Waals surface area contributed by atoms with Gasteiger partial charge in [0.1, 0.15) is 0 Å². The van der Waals surface area contributed by atoms with Crippen molar-refractivity contribution in [2.45, 2.75) is 0 Å². The molecule has 46 valence electrons. The first-order valence-electron chi connectivity index (χ1n) is 2.36. The predicted octanol–water partition coefficient (Wildman–Crippen LogP) is 0.534. The Morgan fingerprint density at radius 1 is 1.38 bits per heavy atom. The summed E-state index contributed by atoms with van der Waals surface area (Å²) in [5.74, 6) is 0. The van der Waals surface area contributed by atoms with Crippen LogP contribution in [0.2, 0.25) is 0 Å². The van der Waals surface area contributed by atoms with Crippen LogP contribution < -0.4 is 5.73 Å². The summed E-state index contributed by atoms with van der Waals surface area (Å²) in [6.07, 6.45) is 0. The van der Waals surface area contributed by atoms with Gasteiger partial charge >= 0.3 is 0 Å². The van der Waals surface area contributed by atoms with E-state index in [-0.39, 0.29) is 0 Å². The van der Waals surface area contributed by atoms with Crippen LogP contribution in [0.3, 0.4) is 0 Å². The Balaban J connectivity index is 3.84. The van der Waals surface area contributed by atoms with Crippen molar-refractivity contribution in [1.82, 2.24) is 4.90 Å². The second kappa shape index (κ2) is 2.40. The molecule has 0 aliphatic rings. The van der Waals surface area contributed by atoms with E-state index < -0.39 is 0 Å². The Morgan fingerprint density at radius 3 is 1.75 bits per heavy atom. The first-order chi connectivity index (χ1) is 3.55. The maximum Gasteiger partial charge on any atom is 0.0515 e. The van der Waals surface area contributed by atoms with Crippen LogP contribution in [0.1, 0.15) is 0 Å². The largest absolute Gasteiger partial charge is 0.398 e. The third-order valence-corrected chi connectivity index (χ3v) is 0.911. The third kappa shape index (κ3) is 1.69. The Labute approximate surface area is 50.3 Å². The van der Waals surface area contributed by atoms with Crippen molar-refractivity contribution in [2.75, 3.05) is 14.1 Å². The molecule has 0 atom stereocenters. The van der Waals surface area contributed by atoms with E-state index in [1.165, 1.54) is 0 Å². The molecule has 2 heteroatoms. The zero-order valence-corrected chi connectivity index (χ0v) is 5.44. The molecule has 0 aliphatic heterocycles. The quantitative estimate of drug-likeness (QED) is 0.528. The smallest absolute Gasteiger partial charge is 0.0515 e. The lowest BCUT2D eigenvalue weighted by atomic mass is 10.4. The number of hydrogen-bond donors (Lipinski definition) is 1. The van der Waals surface area contributed by atoms with E-state index in [1.807, 2.05) is 19.0 Å². The molecule has 0 bridgehead atoms. The summed E-state index contributed by atoms with van der Waals surface area (Å²) >= 11 is 0. The van der Waals surface area contributed by atoms with Crippen LogP contribution in [0.4, 0.5) is 0 Å². The molecule has 0 rings (SSSR count). The SMILES string of the molecule is C=C(N)C(=C)N(C)C. The van der Waals surface area contributed by atoms with Crippen molar-refractivity contribution in [2.24, 2.45) is 5.73 Å². The van der Waals surface area contributed by atoms with Gasteiger partial charge in [-0.2, -0.15) is 0 Å². The lowest BCUT2D eigenvalue weighted by molar-refractivity contribution is 0.523. The Hall–Kier alpha value is -0.920. The van der Waals surface area contributed by atoms with Gasteiger partial charge in [0.15, 0.2) is 0 Å². The average molecular weight is 112 g/mol. The van der Waals surface area contributed by atoms with E-state index in [4.69, 9.17) is 5.73 Å². The van der Waals surface area contributed by atoms with Gasteiger partial charge in [0.2, 0.25) is 0 Å². The van der Waals surface area contributed by atoms with E-state index in [9.17, 15) is 0 Å². The number of hydrogen-bond acceptors (Lipinski definition) is 2. The molecule has 0 saturated carbocycles. The summed E-state index contributed by atoms with van der Waals surface area (Å²) in [7, 11) is 3.75. The van der Waals surface area contributed by atoms with Crippen LogP contribution in [0.15, 0.2) is 24.6 Å². The summed E-state index contributed by atoms with van der Waals surface area (Å²) in [4.78, 5) is 1.82. The van der Waals surface area contributed by atoms with Crippen LogP contribution in [-0.2, 0) is 0 Å². The Kier molecular flexibility index (Phi) is 2.13. The molecule has 2 nitrogen and oxygen atoms in total. The van der Waals surface area contributed by atoms with Gasteiger partial charge in [-0.3, -0.25) is 0 Å². The van der Waals surface area contributed by atoms with Crippen LogP contribution >= 0.6 is 0 Å². The highest BCUT2D eigenvalue weighted by Gasteiger charge is 1.93. The molecule has 0 saturated heterocycles. The number of likely N-dealkylation sites (N-methyl/N-ethyl adjacent to an activating group) is 1. The molecule has 0 amide bonds. The van der Waals surface area contributed by atoms with E-state index >= 15 is 0 Å². The molecule has 0 spiro atoms. The maximum absolute atomic E-state index is 5.30. The Morgan fingerprint density at radius 2 is 1.75 bits per heavy atom. The summed E-state index contributed by atoms with van der Waals surface area (Å²) < 4.78 is 0. The first kappa shape index (κ1) is 7.08. The highest BCUT2D eigenvalue weighted by Crippen LogP contribution is 1.98. The third-order valence-electron chi connectivity index (χ3n) is 0.911. The summed E-state index contributed by atoms with van der Waals surface area (Å²) in [5, 5.41) is 0. The van der Waals surface area contributed by atoms with Crippen molar-refractivity contribution in [3.8, 4) is 0 Å².